The SMILES string of the molecule is COCCOCC1CCN(C(=O)Cc2ccccc2)CC1. The van der Waals surface area contributed by atoms with Gasteiger partial charge in [0.25, 0.3) is 0 Å². The van der Waals surface area contributed by atoms with Crippen molar-refractivity contribution in [2.24, 2.45) is 5.92 Å². The van der Waals surface area contributed by atoms with E-state index < -0.39 is 0 Å². The molecule has 1 fully saturated rings. The number of methoxy groups -OCH3 is 1. The van der Waals surface area contributed by atoms with Gasteiger partial charge >= 0.3 is 0 Å². The molecule has 0 atom stereocenters. The number of benzene rings is 1. The van der Waals surface area contributed by atoms with Crippen molar-refractivity contribution in [1.82, 2.24) is 4.90 Å². The van der Waals surface area contributed by atoms with E-state index in [2.05, 4.69) is 0 Å². The molecule has 1 aliphatic heterocycles. The Hall–Kier alpha value is -1.39. The van der Waals surface area contributed by atoms with Crippen LogP contribution in [0, 0.1) is 5.92 Å². The summed E-state index contributed by atoms with van der Waals surface area (Å²) in [6.45, 7) is 3.79. The lowest BCUT2D eigenvalue weighted by molar-refractivity contribution is -0.132. The fourth-order valence-electron chi connectivity index (χ4n) is 2.62. The predicted octanol–water partition coefficient (Wildman–Crippen LogP) is 2.13. The standard InChI is InChI=1S/C17H25NO3/c1-20-11-12-21-14-16-7-9-18(10-8-16)17(19)13-15-5-3-2-4-6-15/h2-6,16H,7-14H2,1H3. The van der Waals surface area contributed by atoms with Crippen molar-refractivity contribution in [2.45, 2.75) is 19.3 Å². The van der Waals surface area contributed by atoms with Crippen LogP contribution in [0.2, 0.25) is 0 Å². The number of rotatable bonds is 7. The van der Waals surface area contributed by atoms with Crippen molar-refractivity contribution >= 4 is 5.91 Å². The van der Waals surface area contributed by atoms with Gasteiger partial charge in [-0.05, 0) is 24.3 Å². The van der Waals surface area contributed by atoms with Crippen LogP contribution in [0.1, 0.15) is 18.4 Å². The zero-order valence-corrected chi connectivity index (χ0v) is 12.8. The molecule has 0 radical (unpaired) electrons. The van der Waals surface area contributed by atoms with E-state index in [0.717, 1.165) is 38.1 Å². The van der Waals surface area contributed by atoms with Crippen LogP contribution in [0.25, 0.3) is 0 Å². The lowest BCUT2D eigenvalue weighted by Crippen LogP contribution is -2.40. The Kier molecular flexibility index (Phi) is 6.70. The highest BCUT2D eigenvalue weighted by Gasteiger charge is 2.22. The maximum absolute atomic E-state index is 12.3. The van der Waals surface area contributed by atoms with Crippen LogP contribution in [0.4, 0.5) is 0 Å². The summed E-state index contributed by atoms with van der Waals surface area (Å²) in [4.78, 5) is 14.2. The van der Waals surface area contributed by atoms with Crippen LogP contribution in [-0.2, 0) is 20.7 Å². The molecule has 1 aliphatic rings. The third-order valence-corrected chi connectivity index (χ3v) is 3.95. The van der Waals surface area contributed by atoms with Crippen LogP contribution in [0.5, 0.6) is 0 Å². The number of likely N-dealkylation sites (tertiary alicyclic amines) is 1. The molecule has 116 valence electrons. The quantitative estimate of drug-likeness (QED) is 0.722. The van der Waals surface area contributed by atoms with E-state index in [1.54, 1.807) is 7.11 Å². The summed E-state index contributed by atoms with van der Waals surface area (Å²) in [5.74, 6) is 0.808. The Morgan fingerprint density at radius 2 is 1.90 bits per heavy atom. The smallest absolute Gasteiger partial charge is 0.226 e. The molecule has 1 amide bonds. The molecule has 2 rings (SSSR count). The van der Waals surface area contributed by atoms with Crippen molar-refractivity contribution in [2.75, 3.05) is 40.0 Å². The zero-order valence-electron chi connectivity index (χ0n) is 12.8. The number of carbonyl (C=O) groups excluding carboxylic acids is 1. The summed E-state index contributed by atoms with van der Waals surface area (Å²) in [6.07, 6.45) is 2.58. The Morgan fingerprint density at radius 3 is 2.57 bits per heavy atom. The molecule has 0 spiro atoms. The Balaban J connectivity index is 1.67. The van der Waals surface area contributed by atoms with Gasteiger partial charge in [-0.1, -0.05) is 30.3 Å². The van der Waals surface area contributed by atoms with Gasteiger partial charge in [-0.15, -0.1) is 0 Å². The number of carbonyl (C=O) groups is 1. The summed E-state index contributed by atoms with van der Waals surface area (Å²) < 4.78 is 10.5. The largest absolute Gasteiger partial charge is 0.382 e. The molecule has 21 heavy (non-hydrogen) atoms. The number of ether oxygens (including phenoxy) is 2. The molecule has 1 aromatic carbocycles. The molecule has 4 nitrogen and oxygen atoms in total. The number of piperidine rings is 1. The molecule has 1 aromatic rings. The van der Waals surface area contributed by atoms with E-state index >= 15 is 0 Å². The molecule has 0 saturated carbocycles. The second kappa shape index (κ2) is 8.80. The van der Waals surface area contributed by atoms with E-state index in [-0.39, 0.29) is 5.91 Å². The lowest BCUT2D eigenvalue weighted by atomic mass is 9.97. The average Bonchev–Trinajstić information content (AvgIpc) is 2.53. The second-order valence-electron chi connectivity index (χ2n) is 5.55. The van der Waals surface area contributed by atoms with Gasteiger partial charge in [0.1, 0.15) is 0 Å². The topological polar surface area (TPSA) is 38.8 Å². The Labute approximate surface area is 127 Å². The van der Waals surface area contributed by atoms with Gasteiger partial charge in [0, 0.05) is 26.8 Å². The van der Waals surface area contributed by atoms with Crippen molar-refractivity contribution < 1.29 is 14.3 Å². The molecular weight excluding hydrogens is 266 g/mol. The van der Waals surface area contributed by atoms with Crippen LogP contribution in [0.3, 0.4) is 0 Å². The molecule has 4 heteroatoms. The number of hydrogen-bond acceptors (Lipinski definition) is 3. The minimum Gasteiger partial charge on any atom is -0.382 e. The fraction of sp³-hybridized carbons (Fsp3) is 0.588. The van der Waals surface area contributed by atoms with E-state index in [9.17, 15) is 4.79 Å². The van der Waals surface area contributed by atoms with Gasteiger partial charge in [0.05, 0.1) is 19.6 Å². The van der Waals surface area contributed by atoms with Crippen molar-refractivity contribution in [3.63, 3.8) is 0 Å². The van der Waals surface area contributed by atoms with Gasteiger partial charge in [-0.25, -0.2) is 0 Å². The first-order chi connectivity index (χ1) is 10.3. The third kappa shape index (κ3) is 5.48. The fourth-order valence-corrected chi connectivity index (χ4v) is 2.62. The highest BCUT2D eigenvalue weighted by Crippen LogP contribution is 2.18. The van der Waals surface area contributed by atoms with Crippen LogP contribution in [0.15, 0.2) is 30.3 Å². The molecule has 0 unspecified atom stereocenters. The van der Waals surface area contributed by atoms with Gasteiger partial charge in [-0.2, -0.15) is 0 Å². The first-order valence-corrected chi connectivity index (χ1v) is 7.68. The highest BCUT2D eigenvalue weighted by atomic mass is 16.5. The van der Waals surface area contributed by atoms with Gasteiger partial charge < -0.3 is 14.4 Å². The summed E-state index contributed by atoms with van der Waals surface area (Å²) in [5.41, 5.74) is 1.09. The first kappa shape index (κ1) is 16.0. The second-order valence-corrected chi connectivity index (χ2v) is 5.55. The molecule has 1 saturated heterocycles. The lowest BCUT2D eigenvalue weighted by Gasteiger charge is -2.32. The van der Waals surface area contributed by atoms with E-state index in [0.29, 0.717) is 25.6 Å². The normalized spacial score (nSPS) is 16.1. The number of amides is 1. The van der Waals surface area contributed by atoms with Crippen LogP contribution in [-0.4, -0.2) is 50.8 Å². The number of hydrogen-bond donors (Lipinski definition) is 0. The van der Waals surface area contributed by atoms with E-state index in [1.807, 2.05) is 35.2 Å². The average molecular weight is 291 g/mol. The summed E-state index contributed by atoms with van der Waals surface area (Å²) in [5, 5.41) is 0. The Morgan fingerprint density at radius 1 is 1.19 bits per heavy atom. The molecular formula is C17H25NO3. The minimum atomic E-state index is 0.236. The van der Waals surface area contributed by atoms with Gasteiger partial charge in [-0.3, -0.25) is 4.79 Å². The first-order valence-electron chi connectivity index (χ1n) is 7.68. The van der Waals surface area contributed by atoms with Crippen LogP contribution >= 0.6 is 0 Å². The summed E-state index contributed by atoms with van der Waals surface area (Å²) >= 11 is 0. The van der Waals surface area contributed by atoms with Crippen LogP contribution < -0.4 is 0 Å². The maximum Gasteiger partial charge on any atom is 0.226 e. The molecule has 1 heterocycles. The van der Waals surface area contributed by atoms with Crippen molar-refractivity contribution in [1.29, 1.82) is 0 Å². The Bertz CT molecular complexity index is 413. The monoisotopic (exact) mass is 291 g/mol. The van der Waals surface area contributed by atoms with Crippen molar-refractivity contribution in [3.05, 3.63) is 35.9 Å². The van der Waals surface area contributed by atoms with E-state index in [1.165, 1.54) is 0 Å². The molecule has 0 aromatic heterocycles. The van der Waals surface area contributed by atoms with Crippen molar-refractivity contribution in [3.8, 4) is 0 Å². The molecule has 0 bridgehead atoms. The minimum absolute atomic E-state index is 0.236. The van der Waals surface area contributed by atoms with Gasteiger partial charge in [0.2, 0.25) is 5.91 Å². The maximum atomic E-state index is 12.3. The van der Waals surface area contributed by atoms with E-state index in [4.69, 9.17) is 9.47 Å². The third-order valence-electron chi connectivity index (χ3n) is 3.95. The molecule has 0 N–H and O–H groups in total. The zero-order chi connectivity index (χ0) is 14.9. The number of nitrogens with zero attached hydrogens (tertiary/aromatic N) is 1. The van der Waals surface area contributed by atoms with Gasteiger partial charge in [0.15, 0.2) is 0 Å². The highest BCUT2D eigenvalue weighted by molar-refractivity contribution is 5.78. The summed E-state index contributed by atoms with van der Waals surface area (Å²) in [7, 11) is 1.68. The summed E-state index contributed by atoms with van der Waals surface area (Å²) in [6, 6.07) is 9.95. The predicted molar refractivity (Wildman–Crippen MR) is 82.1 cm³/mol. The molecule has 0 aliphatic carbocycles.